The van der Waals surface area contributed by atoms with Crippen LogP contribution < -0.4 is 0 Å². The molecule has 2 saturated heterocycles. The number of amides is 2. The zero-order valence-corrected chi connectivity index (χ0v) is 19.9. The number of aliphatic hydroxyl groups is 1. The van der Waals surface area contributed by atoms with Crippen molar-refractivity contribution in [2.75, 3.05) is 26.2 Å². The van der Waals surface area contributed by atoms with Crippen molar-refractivity contribution in [2.45, 2.75) is 57.6 Å². The van der Waals surface area contributed by atoms with Crippen LogP contribution >= 0.6 is 0 Å². The molecule has 2 aromatic rings. The highest BCUT2D eigenvalue weighted by atomic mass is 16.3. The molecule has 34 heavy (non-hydrogen) atoms. The molecule has 0 radical (unpaired) electrons. The van der Waals surface area contributed by atoms with Gasteiger partial charge in [-0.05, 0) is 44.1 Å². The molecule has 0 bridgehead atoms. The van der Waals surface area contributed by atoms with Crippen molar-refractivity contribution in [1.82, 2.24) is 19.4 Å². The fourth-order valence-electron chi connectivity index (χ4n) is 7.18. The van der Waals surface area contributed by atoms with Gasteiger partial charge in [0.1, 0.15) is 0 Å². The molecule has 1 spiro atoms. The molecular formula is C27H34N4O3. The Morgan fingerprint density at radius 2 is 1.85 bits per heavy atom. The van der Waals surface area contributed by atoms with Gasteiger partial charge in [0.2, 0.25) is 11.8 Å². The molecular weight excluding hydrogens is 428 g/mol. The highest BCUT2D eigenvalue weighted by Gasteiger charge is 2.58. The molecule has 7 nitrogen and oxygen atoms in total. The summed E-state index contributed by atoms with van der Waals surface area (Å²) in [5.74, 6) is 0.554. The highest BCUT2D eigenvalue weighted by Crippen LogP contribution is 2.59. The maximum Gasteiger partial charge on any atom is 0.225 e. The third-order valence-electron chi connectivity index (χ3n) is 9.20. The fourth-order valence-corrected chi connectivity index (χ4v) is 7.18. The largest absolute Gasteiger partial charge is 0.392 e. The Morgan fingerprint density at radius 3 is 2.62 bits per heavy atom. The van der Waals surface area contributed by atoms with Crippen LogP contribution in [0.25, 0.3) is 11.3 Å². The van der Waals surface area contributed by atoms with Crippen LogP contribution in [0.1, 0.15) is 57.1 Å². The summed E-state index contributed by atoms with van der Waals surface area (Å²) in [6.07, 6.45) is 8.71. The molecule has 1 saturated carbocycles. The van der Waals surface area contributed by atoms with Gasteiger partial charge in [-0.1, -0.05) is 24.3 Å². The van der Waals surface area contributed by atoms with E-state index in [4.69, 9.17) is 0 Å². The van der Waals surface area contributed by atoms with Gasteiger partial charge < -0.3 is 19.5 Å². The van der Waals surface area contributed by atoms with E-state index >= 15 is 0 Å². The average Bonchev–Trinajstić information content (AvgIpc) is 3.34. The smallest absolute Gasteiger partial charge is 0.225 e. The summed E-state index contributed by atoms with van der Waals surface area (Å²) < 4.78 is 2.24. The van der Waals surface area contributed by atoms with Crippen LogP contribution in [0.5, 0.6) is 0 Å². The van der Waals surface area contributed by atoms with E-state index in [0.717, 1.165) is 63.9 Å². The summed E-state index contributed by atoms with van der Waals surface area (Å²) in [6, 6.07) is 8.63. The summed E-state index contributed by atoms with van der Waals surface area (Å²) in [5.41, 5.74) is 3.58. The van der Waals surface area contributed by atoms with Gasteiger partial charge in [-0.3, -0.25) is 9.59 Å². The lowest BCUT2D eigenvalue weighted by atomic mass is 9.53. The standard InChI is InChI=1S/C27H34N4O3/c1-18(32)29-11-4-5-19(8-12-29)26(34)30-13-9-27(10-14-30)15-22(25(27)33)24-21-7-3-2-6-20(21)23-16-28-17-31(23)24/h2-3,6-7,16-17,19,22,24-25,33H,4-5,8-15H2,1H3. The van der Waals surface area contributed by atoms with E-state index in [-0.39, 0.29) is 41.2 Å². The van der Waals surface area contributed by atoms with Crippen molar-refractivity contribution in [3.05, 3.63) is 42.4 Å². The number of piperidine rings is 1. The molecule has 1 N–H and O–H groups in total. The lowest BCUT2D eigenvalue weighted by Gasteiger charge is -2.58. The first-order chi connectivity index (χ1) is 16.5. The molecule has 4 unspecified atom stereocenters. The molecule has 4 heterocycles. The van der Waals surface area contributed by atoms with Crippen molar-refractivity contribution < 1.29 is 14.7 Å². The van der Waals surface area contributed by atoms with E-state index in [9.17, 15) is 14.7 Å². The molecule has 2 amide bonds. The molecule has 7 heteroatoms. The summed E-state index contributed by atoms with van der Waals surface area (Å²) in [4.78, 5) is 33.2. The maximum atomic E-state index is 13.2. The Labute approximate surface area is 200 Å². The number of hydrogen-bond donors (Lipinski definition) is 1. The predicted molar refractivity (Wildman–Crippen MR) is 128 cm³/mol. The van der Waals surface area contributed by atoms with Crippen LogP contribution in [0.3, 0.4) is 0 Å². The number of rotatable bonds is 2. The van der Waals surface area contributed by atoms with Crippen molar-refractivity contribution >= 4 is 11.8 Å². The first-order valence-corrected chi connectivity index (χ1v) is 12.8. The Hall–Kier alpha value is -2.67. The normalized spacial score (nSPS) is 29.8. The van der Waals surface area contributed by atoms with Crippen molar-refractivity contribution in [3.63, 3.8) is 0 Å². The first-order valence-electron chi connectivity index (χ1n) is 12.8. The number of imidazole rings is 1. The van der Waals surface area contributed by atoms with Crippen LogP contribution in [0.4, 0.5) is 0 Å². The molecule has 6 rings (SSSR count). The van der Waals surface area contributed by atoms with Gasteiger partial charge in [-0.25, -0.2) is 4.98 Å². The van der Waals surface area contributed by atoms with Crippen molar-refractivity contribution in [3.8, 4) is 11.3 Å². The quantitative estimate of drug-likeness (QED) is 0.744. The van der Waals surface area contributed by atoms with Gasteiger partial charge in [-0.2, -0.15) is 0 Å². The van der Waals surface area contributed by atoms with Gasteiger partial charge >= 0.3 is 0 Å². The first kappa shape index (κ1) is 21.8. The van der Waals surface area contributed by atoms with E-state index in [1.54, 1.807) is 6.92 Å². The van der Waals surface area contributed by atoms with Crippen LogP contribution in [0.2, 0.25) is 0 Å². The van der Waals surface area contributed by atoms with Gasteiger partial charge in [0.25, 0.3) is 0 Å². The van der Waals surface area contributed by atoms with Gasteiger partial charge in [-0.15, -0.1) is 0 Å². The zero-order chi connectivity index (χ0) is 23.4. The molecule has 1 aromatic carbocycles. The topological polar surface area (TPSA) is 78.7 Å². The molecule has 180 valence electrons. The number of carbonyl (C=O) groups is 2. The Morgan fingerprint density at radius 1 is 1.06 bits per heavy atom. The van der Waals surface area contributed by atoms with E-state index in [1.165, 1.54) is 11.1 Å². The molecule has 4 aliphatic rings. The number of likely N-dealkylation sites (tertiary alicyclic amines) is 2. The molecule has 1 aromatic heterocycles. The Bertz CT molecular complexity index is 1100. The van der Waals surface area contributed by atoms with Crippen LogP contribution in [-0.4, -0.2) is 68.6 Å². The molecule has 3 fully saturated rings. The maximum absolute atomic E-state index is 13.2. The zero-order valence-electron chi connectivity index (χ0n) is 19.9. The van der Waals surface area contributed by atoms with Crippen LogP contribution in [-0.2, 0) is 9.59 Å². The number of nitrogens with zero attached hydrogens (tertiary/aromatic N) is 4. The van der Waals surface area contributed by atoms with Gasteiger partial charge in [0, 0.05) is 55.9 Å². The molecule has 3 aliphatic heterocycles. The SMILES string of the molecule is CC(=O)N1CCCC(C(=O)N2CCC3(CC2)CC(C2c4ccccc4-c4cncn42)C3O)CC1. The lowest BCUT2D eigenvalue weighted by molar-refractivity contribution is -0.166. The minimum absolute atomic E-state index is 0.0205. The molecule has 1 aliphatic carbocycles. The lowest BCUT2D eigenvalue weighted by Crippen LogP contribution is -2.60. The second-order valence-corrected chi connectivity index (χ2v) is 10.9. The third kappa shape index (κ3) is 3.31. The van der Waals surface area contributed by atoms with Crippen LogP contribution in [0, 0.1) is 17.3 Å². The number of benzene rings is 1. The van der Waals surface area contributed by atoms with E-state index < -0.39 is 0 Å². The predicted octanol–water partition coefficient (Wildman–Crippen LogP) is 3.09. The summed E-state index contributed by atoms with van der Waals surface area (Å²) in [6.45, 7) is 4.52. The average molecular weight is 463 g/mol. The monoisotopic (exact) mass is 462 g/mol. The van der Waals surface area contributed by atoms with Gasteiger partial charge in [0.15, 0.2) is 0 Å². The summed E-state index contributed by atoms with van der Waals surface area (Å²) in [7, 11) is 0. The number of aliphatic hydroxyl groups excluding tert-OH is 1. The minimum Gasteiger partial charge on any atom is -0.392 e. The number of carbonyl (C=O) groups excluding carboxylic acids is 2. The third-order valence-corrected chi connectivity index (χ3v) is 9.20. The second kappa shape index (κ2) is 8.22. The van der Waals surface area contributed by atoms with Crippen molar-refractivity contribution in [2.24, 2.45) is 17.3 Å². The van der Waals surface area contributed by atoms with Crippen molar-refractivity contribution in [1.29, 1.82) is 0 Å². The van der Waals surface area contributed by atoms with E-state index in [1.807, 2.05) is 22.3 Å². The van der Waals surface area contributed by atoms with Gasteiger partial charge in [0.05, 0.1) is 30.4 Å². The Balaban J connectivity index is 1.10. The fraction of sp³-hybridized carbons (Fsp3) is 0.593. The number of fused-ring (bicyclic) bond motifs is 3. The highest BCUT2D eigenvalue weighted by molar-refractivity contribution is 5.79. The minimum atomic E-state index is -0.363. The Kier molecular flexibility index (Phi) is 5.28. The molecule has 4 atom stereocenters. The van der Waals surface area contributed by atoms with E-state index in [0.29, 0.717) is 6.54 Å². The summed E-state index contributed by atoms with van der Waals surface area (Å²) >= 11 is 0. The van der Waals surface area contributed by atoms with E-state index in [2.05, 4.69) is 33.8 Å². The number of hydrogen-bond acceptors (Lipinski definition) is 4. The van der Waals surface area contributed by atoms with Crippen LogP contribution in [0.15, 0.2) is 36.8 Å². The second-order valence-electron chi connectivity index (χ2n) is 10.9. The summed E-state index contributed by atoms with van der Waals surface area (Å²) in [5, 5.41) is 11.4. The number of aromatic nitrogens is 2.